The largest absolute Gasteiger partial charge is 0.309 e. The number of nitrogens with one attached hydrogen (secondary N) is 1. The molecule has 0 spiro atoms. The van der Waals surface area contributed by atoms with E-state index < -0.39 is 29.0 Å². The van der Waals surface area contributed by atoms with Crippen molar-refractivity contribution < 1.29 is 17.6 Å². The van der Waals surface area contributed by atoms with E-state index in [-0.39, 0.29) is 12.1 Å². The molecule has 8 heteroatoms. The summed E-state index contributed by atoms with van der Waals surface area (Å²) in [6.07, 6.45) is 0. The summed E-state index contributed by atoms with van der Waals surface area (Å²) in [5.41, 5.74) is -0.168. The van der Waals surface area contributed by atoms with Gasteiger partial charge in [0.25, 0.3) is 0 Å². The smallest absolute Gasteiger partial charge is 0.187 e. The van der Waals surface area contributed by atoms with Gasteiger partial charge in [0, 0.05) is 6.07 Å². The predicted molar refractivity (Wildman–Crippen MR) is 68.0 cm³/mol. The summed E-state index contributed by atoms with van der Waals surface area (Å²) in [4.78, 5) is 0. The van der Waals surface area contributed by atoms with E-state index in [1.807, 2.05) is 6.92 Å². The van der Waals surface area contributed by atoms with Crippen molar-refractivity contribution in [2.45, 2.75) is 26.8 Å². The average molecular weight is 302 g/mol. The Morgan fingerprint density at radius 1 is 1.19 bits per heavy atom. The number of halogens is 4. The summed E-state index contributed by atoms with van der Waals surface area (Å²) in [6.45, 7) is 5.86. The molecular formula is C13H14F4N4. The third kappa shape index (κ3) is 2.63. The molecule has 0 saturated heterocycles. The van der Waals surface area contributed by atoms with Crippen LogP contribution in [0, 0.1) is 30.2 Å². The van der Waals surface area contributed by atoms with Crippen LogP contribution < -0.4 is 5.32 Å². The first-order valence-electron chi connectivity index (χ1n) is 6.37. The molecule has 1 heterocycles. The summed E-state index contributed by atoms with van der Waals surface area (Å²) in [7, 11) is 0. The Balaban J connectivity index is 2.59. The minimum Gasteiger partial charge on any atom is -0.309 e. The van der Waals surface area contributed by atoms with Crippen molar-refractivity contribution in [1.29, 1.82) is 0 Å². The van der Waals surface area contributed by atoms with Gasteiger partial charge in [-0.15, -0.1) is 5.10 Å². The monoisotopic (exact) mass is 302 g/mol. The van der Waals surface area contributed by atoms with Crippen LogP contribution in [0.1, 0.15) is 31.3 Å². The highest BCUT2D eigenvalue weighted by molar-refractivity contribution is 5.38. The lowest BCUT2D eigenvalue weighted by atomic mass is 10.2. The van der Waals surface area contributed by atoms with Crippen molar-refractivity contribution in [3.8, 4) is 5.69 Å². The molecule has 1 aromatic heterocycles. The van der Waals surface area contributed by atoms with Crippen LogP contribution in [0.5, 0.6) is 0 Å². The Hall–Kier alpha value is -1.96. The lowest BCUT2D eigenvalue weighted by Crippen LogP contribution is -2.19. The second-order valence-electron chi connectivity index (χ2n) is 4.57. The first-order valence-corrected chi connectivity index (χ1v) is 6.37. The van der Waals surface area contributed by atoms with Crippen molar-refractivity contribution in [1.82, 2.24) is 20.3 Å². The van der Waals surface area contributed by atoms with Gasteiger partial charge in [-0.3, -0.25) is 0 Å². The Morgan fingerprint density at radius 2 is 1.76 bits per heavy atom. The van der Waals surface area contributed by atoms with Gasteiger partial charge in [-0.1, -0.05) is 12.1 Å². The van der Waals surface area contributed by atoms with Crippen LogP contribution >= 0.6 is 0 Å². The summed E-state index contributed by atoms with van der Waals surface area (Å²) in [5.74, 6) is -5.99. The van der Waals surface area contributed by atoms with E-state index in [2.05, 4.69) is 15.6 Å². The van der Waals surface area contributed by atoms with E-state index in [0.717, 1.165) is 4.68 Å². The molecule has 0 aliphatic rings. The topological polar surface area (TPSA) is 42.7 Å². The van der Waals surface area contributed by atoms with Crippen molar-refractivity contribution in [2.24, 2.45) is 0 Å². The lowest BCUT2D eigenvalue weighted by Gasteiger charge is -2.11. The minimum atomic E-state index is -1.51. The highest BCUT2D eigenvalue weighted by Crippen LogP contribution is 2.25. The van der Waals surface area contributed by atoms with Crippen LogP contribution in [0.25, 0.3) is 5.69 Å². The maximum atomic E-state index is 13.8. The highest BCUT2D eigenvalue weighted by Gasteiger charge is 2.25. The molecule has 1 unspecified atom stereocenters. The Bertz CT molecular complexity index is 642. The average Bonchev–Trinajstić information content (AvgIpc) is 2.79. The van der Waals surface area contributed by atoms with Gasteiger partial charge < -0.3 is 5.32 Å². The molecule has 2 rings (SSSR count). The summed E-state index contributed by atoms with van der Waals surface area (Å²) in [5, 5.41) is 10.5. The fraction of sp³-hybridized carbons (Fsp3) is 0.385. The Morgan fingerprint density at radius 3 is 2.29 bits per heavy atom. The molecular weight excluding hydrogens is 288 g/mol. The molecule has 0 amide bonds. The van der Waals surface area contributed by atoms with Crippen molar-refractivity contribution >= 4 is 0 Å². The maximum Gasteiger partial charge on any atom is 0.187 e. The quantitative estimate of drug-likeness (QED) is 0.697. The SMILES string of the molecule is CCNC(C)c1nnn(-c2c(F)c(F)cc(F)c2F)c1C. The van der Waals surface area contributed by atoms with Crippen molar-refractivity contribution in [3.05, 3.63) is 40.7 Å². The molecule has 2 aromatic rings. The molecule has 1 aromatic carbocycles. The fourth-order valence-electron chi connectivity index (χ4n) is 2.10. The summed E-state index contributed by atoms with van der Waals surface area (Å²) < 4.78 is 54.9. The van der Waals surface area contributed by atoms with Gasteiger partial charge in [0.15, 0.2) is 23.3 Å². The van der Waals surface area contributed by atoms with Crippen molar-refractivity contribution in [3.63, 3.8) is 0 Å². The number of nitrogens with zero attached hydrogens (tertiary/aromatic N) is 3. The van der Waals surface area contributed by atoms with Crippen LogP contribution in [0.3, 0.4) is 0 Å². The second kappa shape index (κ2) is 5.80. The van der Waals surface area contributed by atoms with E-state index in [9.17, 15) is 17.6 Å². The van der Waals surface area contributed by atoms with Crippen LogP contribution in [-0.4, -0.2) is 21.5 Å². The number of rotatable bonds is 4. The van der Waals surface area contributed by atoms with Gasteiger partial charge in [0.05, 0.1) is 11.7 Å². The molecule has 0 aliphatic heterocycles. The minimum absolute atomic E-state index is 0.155. The number of hydrogen-bond acceptors (Lipinski definition) is 3. The molecule has 0 aliphatic carbocycles. The lowest BCUT2D eigenvalue weighted by molar-refractivity contribution is 0.442. The third-order valence-electron chi connectivity index (χ3n) is 3.15. The molecule has 0 fully saturated rings. The number of hydrogen-bond donors (Lipinski definition) is 1. The molecule has 0 bridgehead atoms. The summed E-state index contributed by atoms with van der Waals surface area (Å²) in [6, 6.07) is -0.0592. The standard InChI is InChI=1S/C13H14F4N4/c1-4-18-6(2)12-7(3)21(20-19-12)13-10(16)8(14)5-9(15)11(13)17/h5-6,18H,4H2,1-3H3. The maximum absolute atomic E-state index is 13.8. The number of aromatic nitrogens is 3. The highest BCUT2D eigenvalue weighted by atomic mass is 19.2. The Labute approximate surface area is 118 Å². The van der Waals surface area contributed by atoms with Gasteiger partial charge in [-0.25, -0.2) is 22.2 Å². The number of benzene rings is 1. The van der Waals surface area contributed by atoms with Crippen molar-refractivity contribution in [2.75, 3.05) is 6.54 Å². The molecule has 1 N–H and O–H groups in total. The van der Waals surface area contributed by atoms with Crippen LogP contribution in [0.2, 0.25) is 0 Å². The first kappa shape index (κ1) is 15.4. The zero-order valence-corrected chi connectivity index (χ0v) is 11.7. The van der Waals surface area contributed by atoms with E-state index in [1.54, 1.807) is 6.92 Å². The predicted octanol–water partition coefficient (Wildman–Crippen LogP) is 2.80. The van der Waals surface area contributed by atoms with Crippen LogP contribution in [0.4, 0.5) is 17.6 Å². The van der Waals surface area contributed by atoms with E-state index in [0.29, 0.717) is 17.9 Å². The molecule has 0 saturated carbocycles. The van der Waals surface area contributed by atoms with Gasteiger partial charge in [-0.05, 0) is 20.4 Å². The second-order valence-corrected chi connectivity index (χ2v) is 4.57. The Kier molecular flexibility index (Phi) is 4.26. The van der Waals surface area contributed by atoms with Crippen LogP contribution in [0.15, 0.2) is 6.07 Å². The van der Waals surface area contributed by atoms with E-state index in [1.165, 1.54) is 6.92 Å². The van der Waals surface area contributed by atoms with Gasteiger partial charge in [-0.2, -0.15) is 0 Å². The van der Waals surface area contributed by atoms with Gasteiger partial charge >= 0.3 is 0 Å². The van der Waals surface area contributed by atoms with Gasteiger partial charge in [0.2, 0.25) is 0 Å². The summed E-state index contributed by atoms with van der Waals surface area (Å²) >= 11 is 0. The third-order valence-corrected chi connectivity index (χ3v) is 3.15. The molecule has 114 valence electrons. The van der Waals surface area contributed by atoms with E-state index >= 15 is 0 Å². The zero-order chi connectivity index (χ0) is 15.7. The first-order chi connectivity index (χ1) is 9.88. The molecule has 21 heavy (non-hydrogen) atoms. The van der Waals surface area contributed by atoms with Crippen LogP contribution in [-0.2, 0) is 0 Å². The molecule has 0 radical (unpaired) electrons. The van der Waals surface area contributed by atoms with E-state index in [4.69, 9.17) is 0 Å². The van der Waals surface area contributed by atoms with Gasteiger partial charge in [0.1, 0.15) is 11.4 Å². The zero-order valence-electron chi connectivity index (χ0n) is 11.7. The normalized spacial score (nSPS) is 12.7. The molecule has 4 nitrogen and oxygen atoms in total. The fourth-order valence-corrected chi connectivity index (χ4v) is 2.10. The molecule has 1 atom stereocenters.